The summed E-state index contributed by atoms with van der Waals surface area (Å²) in [6.07, 6.45) is 2.06. The Kier molecular flexibility index (Phi) is 5.45. The molecule has 0 rings (SSSR count). The predicted octanol–water partition coefficient (Wildman–Crippen LogP) is -1.21. The molecular weight excluding hydrogens is 172 g/mol. The molecule has 2 unspecified atom stereocenters. The van der Waals surface area contributed by atoms with Crippen LogP contribution < -0.4 is 11.1 Å². The van der Waals surface area contributed by atoms with E-state index in [1.165, 1.54) is 6.92 Å². The summed E-state index contributed by atoms with van der Waals surface area (Å²) in [6.45, 7) is 1.49. The standard InChI is InChI=1S/C8H16N2O3/c1-8(13,6-9)10-7(5-12)3-2-4-11/h4-5,7,10,13H,2-3,6,9H2,1H3. The fraction of sp³-hybridized carbons (Fsp3) is 0.750. The quantitative estimate of drug-likeness (QED) is 0.344. The normalized spacial score (nSPS) is 17.5. The largest absolute Gasteiger partial charge is 0.375 e. The summed E-state index contributed by atoms with van der Waals surface area (Å²) in [5, 5.41) is 12.1. The molecule has 0 aromatic rings. The molecule has 0 fully saturated rings. The Hall–Kier alpha value is -0.780. The number of aliphatic hydroxyl groups is 1. The third kappa shape index (κ3) is 5.46. The fourth-order valence-electron chi connectivity index (χ4n) is 0.880. The first kappa shape index (κ1) is 12.2. The van der Waals surface area contributed by atoms with Crippen molar-refractivity contribution in [3.63, 3.8) is 0 Å². The van der Waals surface area contributed by atoms with Gasteiger partial charge in [-0.25, -0.2) is 0 Å². The first-order valence-corrected chi connectivity index (χ1v) is 4.15. The van der Waals surface area contributed by atoms with E-state index in [9.17, 15) is 14.7 Å². The van der Waals surface area contributed by atoms with Crippen LogP contribution in [0.3, 0.4) is 0 Å². The minimum atomic E-state index is -1.26. The SMILES string of the molecule is CC(O)(CN)NC(C=O)CCC=O. The number of carbonyl (C=O) groups is 2. The summed E-state index contributed by atoms with van der Waals surface area (Å²) in [7, 11) is 0. The van der Waals surface area contributed by atoms with Gasteiger partial charge in [-0.1, -0.05) is 0 Å². The van der Waals surface area contributed by atoms with Gasteiger partial charge in [0.2, 0.25) is 0 Å². The average molecular weight is 188 g/mol. The maximum Gasteiger partial charge on any atom is 0.136 e. The van der Waals surface area contributed by atoms with Gasteiger partial charge in [0.25, 0.3) is 0 Å². The molecule has 0 heterocycles. The third-order valence-corrected chi connectivity index (χ3v) is 1.65. The van der Waals surface area contributed by atoms with Gasteiger partial charge >= 0.3 is 0 Å². The van der Waals surface area contributed by atoms with Gasteiger partial charge in [0.1, 0.15) is 18.3 Å². The van der Waals surface area contributed by atoms with E-state index in [4.69, 9.17) is 5.73 Å². The van der Waals surface area contributed by atoms with Crippen molar-refractivity contribution in [1.82, 2.24) is 5.32 Å². The van der Waals surface area contributed by atoms with Crippen LogP contribution in [0.5, 0.6) is 0 Å². The second-order valence-electron chi connectivity index (χ2n) is 3.11. The van der Waals surface area contributed by atoms with Gasteiger partial charge < -0.3 is 20.4 Å². The molecule has 0 saturated carbocycles. The van der Waals surface area contributed by atoms with Crippen molar-refractivity contribution in [1.29, 1.82) is 0 Å². The molecule has 0 bridgehead atoms. The maximum absolute atomic E-state index is 10.5. The summed E-state index contributed by atoms with van der Waals surface area (Å²) < 4.78 is 0. The van der Waals surface area contributed by atoms with Crippen LogP contribution in [0.2, 0.25) is 0 Å². The smallest absolute Gasteiger partial charge is 0.136 e. The number of hydrogen-bond donors (Lipinski definition) is 3. The number of rotatable bonds is 7. The molecule has 0 spiro atoms. The van der Waals surface area contributed by atoms with Gasteiger partial charge in [0.15, 0.2) is 0 Å². The Bertz CT molecular complexity index is 171. The van der Waals surface area contributed by atoms with Gasteiger partial charge in [0.05, 0.1) is 6.04 Å². The molecule has 5 heteroatoms. The Morgan fingerprint density at radius 2 is 2.23 bits per heavy atom. The minimum Gasteiger partial charge on any atom is -0.375 e. The second kappa shape index (κ2) is 5.80. The molecule has 4 N–H and O–H groups in total. The zero-order valence-corrected chi connectivity index (χ0v) is 7.69. The minimum absolute atomic E-state index is 0.0123. The van der Waals surface area contributed by atoms with Crippen LogP contribution in [0.1, 0.15) is 19.8 Å². The Balaban J connectivity index is 3.96. The van der Waals surface area contributed by atoms with Crippen LogP contribution in [0.4, 0.5) is 0 Å². The highest BCUT2D eigenvalue weighted by atomic mass is 16.3. The molecule has 0 aliphatic heterocycles. The van der Waals surface area contributed by atoms with E-state index in [-0.39, 0.29) is 13.0 Å². The highest BCUT2D eigenvalue weighted by Gasteiger charge is 2.21. The molecule has 13 heavy (non-hydrogen) atoms. The van der Waals surface area contributed by atoms with Crippen molar-refractivity contribution < 1.29 is 14.7 Å². The Labute approximate surface area is 77.3 Å². The molecule has 0 amide bonds. The van der Waals surface area contributed by atoms with E-state index in [0.29, 0.717) is 12.7 Å². The van der Waals surface area contributed by atoms with Crippen LogP contribution in [-0.4, -0.2) is 36.0 Å². The lowest BCUT2D eigenvalue weighted by atomic mass is 10.1. The molecule has 0 aromatic carbocycles. The molecule has 0 aliphatic rings. The van der Waals surface area contributed by atoms with Crippen molar-refractivity contribution >= 4 is 12.6 Å². The zero-order chi connectivity index (χ0) is 10.3. The third-order valence-electron chi connectivity index (χ3n) is 1.65. The molecule has 0 aliphatic carbocycles. The van der Waals surface area contributed by atoms with Crippen LogP contribution >= 0.6 is 0 Å². The van der Waals surface area contributed by atoms with Crippen molar-refractivity contribution in [3.8, 4) is 0 Å². The summed E-state index contributed by atoms with van der Waals surface area (Å²) in [5.74, 6) is 0. The topological polar surface area (TPSA) is 92.4 Å². The van der Waals surface area contributed by atoms with Gasteiger partial charge in [-0.2, -0.15) is 0 Å². The monoisotopic (exact) mass is 188 g/mol. The molecule has 0 aromatic heterocycles. The van der Waals surface area contributed by atoms with E-state index in [1.807, 2.05) is 0 Å². The number of hydrogen-bond acceptors (Lipinski definition) is 5. The van der Waals surface area contributed by atoms with Gasteiger partial charge in [-0.05, 0) is 13.3 Å². The Morgan fingerprint density at radius 3 is 2.62 bits per heavy atom. The predicted molar refractivity (Wildman–Crippen MR) is 48.0 cm³/mol. The molecular formula is C8H16N2O3. The highest BCUT2D eigenvalue weighted by molar-refractivity contribution is 5.59. The molecule has 76 valence electrons. The van der Waals surface area contributed by atoms with Crippen LogP contribution in [0.15, 0.2) is 0 Å². The summed E-state index contributed by atoms with van der Waals surface area (Å²) in [5.41, 5.74) is 3.98. The number of nitrogens with two attached hydrogens (primary N) is 1. The van der Waals surface area contributed by atoms with Gasteiger partial charge in [-0.3, -0.25) is 5.32 Å². The fourth-order valence-corrected chi connectivity index (χ4v) is 0.880. The number of nitrogens with one attached hydrogen (secondary N) is 1. The lowest BCUT2D eigenvalue weighted by Crippen LogP contribution is -2.53. The van der Waals surface area contributed by atoms with E-state index >= 15 is 0 Å². The van der Waals surface area contributed by atoms with E-state index < -0.39 is 11.8 Å². The van der Waals surface area contributed by atoms with E-state index in [2.05, 4.69) is 5.32 Å². The van der Waals surface area contributed by atoms with Gasteiger partial charge in [-0.15, -0.1) is 0 Å². The van der Waals surface area contributed by atoms with E-state index in [1.54, 1.807) is 0 Å². The second-order valence-corrected chi connectivity index (χ2v) is 3.11. The summed E-state index contributed by atoms with van der Waals surface area (Å²) in [4.78, 5) is 20.5. The highest BCUT2D eigenvalue weighted by Crippen LogP contribution is 2.00. The van der Waals surface area contributed by atoms with Crippen molar-refractivity contribution in [2.45, 2.75) is 31.5 Å². The van der Waals surface area contributed by atoms with Crippen LogP contribution in [0, 0.1) is 0 Å². The lowest BCUT2D eigenvalue weighted by molar-refractivity contribution is -0.112. The van der Waals surface area contributed by atoms with Crippen molar-refractivity contribution in [2.75, 3.05) is 6.54 Å². The van der Waals surface area contributed by atoms with E-state index in [0.717, 1.165) is 6.29 Å². The lowest BCUT2D eigenvalue weighted by Gasteiger charge is -2.26. The average Bonchev–Trinajstić information content (AvgIpc) is 2.12. The van der Waals surface area contributed by atoms with Crippen LogP contribution in [0.25, 0.3) is 0 Å². The molecule has 0 saturated heterocycles. The van der Waals surface area contributed by atoms with Crippen molar-refractivity contribution in [2.24, 2.45) is 5.73 Å². The number of carbonyl (C=O) groups excluding carboxylic acids is 2. The summed E-state index contributed by atoms with van der Waals surface area (Å²) >= 11 is 0. The molecule has 2 atom stereocenters. The van der Waals surface area contributed by atoms with Crippen LogP contribution in [-0.2, 0) is 9.59 Å². The van der Waals surface area contributed by atoms with Crippen molar-refractivity contribution in [3.05, 3.63) is 0 Å². The Morgan fingerprint density at radius 1 is 1.62 bits per heavy atom. The molecule has 5 nitrogen and oxygen atoms in total. The zero-order valence-electron chi connectivity index (χ0n) is 7.69. The maximum atomic E-state index is 10.5. The first-order chi connectivity index (χ1) is 6.05. The molecule has 0 radical (unpaired) electrons. The summed E-state index contributed by atoms with van der Waals surface area (Å²) in [6, 6.07) is -0.524. The number of aldehydes is 2. The van der Waals surface area contributed by atoms with Gasteiger partial charge in [0, 0.05) is 13.0 Å². The first-order valence-electron chi connectivity index (χ1n) is 4.15.